The molecule has 4 rings (SSSR count). The Labute approximate surface area is 214 Å². The summed E-state index contributed by atoms with van der Waals surface area (Å²) in [6.07, 6.45) is -2.73. The zero-order valence-corrected chi connectivity index (χ0v) is 20.5. The minimum Gasteiger partial charge on any atom is -0.312 e. The second-order valence-corrected chi connectivity index (χ2v) is 11.8. The van der Waals surface area contributed by atoms with Gasteiger partial charge < -0.3 is 4.90 Å². The number of amides is 1. The molecule has 37 heavy (non-hydrogen) atoms. The minimum atomic E-state index is -4.67. The monoisotopic (exact) mass is 534 g/mol. The van der Waals surface area contributed by atoms with E-state index < -0.39 is 37.1 Å². The van der Waals surface area contributed by atoms with Crippen molar-refractivity contribution in [2.24, 2.45) is 5.92 Å². The first kappa shape index (κ1) is 28.2. The standard InChI is InChI=1S/C26H25F3N2O4S.CH4/c1-25(2,36(34,35)22-7-5-6-19(16-22)26(27,28)29)18-13-15-31(24(33)17-18)21-11-9-20(10-12-21)30-14-4-3-8-23(30)32;/h3-12,14,16,18H,13,15,17H2,1-2H3;1H4/t18-;/m0./s1. The van der Waals surface area contributed by atoms with Crippen LogP contribution in [0.2, 0.25) is 0 Å². The van der Waals surface area contributed by atoms with Crippen molar-refractivity contribution < 1.29 is 26.4 Å². The fourth-order valence-corrected chi connectivity index (χ4v) is 6.28. The molecule has 6 nitrogen and oxygen atoms in total. The molecule has 1 aliphatic heterocycles. The molecule has 0 aliphatic carbocycles. The van der Waals surface area contributed by atoms with Crippen molar-refractivity contribution in [1.82, 2.24) is 4.57 Å². The second-order valence-electron chi connectivity index (χ2n) is 9.29. The highest BCUT2D eigenvalue weighted by molar-refractivity contribution is 7.92. The van der Waals surface area contributed by atoms with Crippen molar-refractivity contribution in [2.45, 2.75) is 49.9 Å². The summed E-state index contributed by atoms with van der Waals surface area (Å²) < 4.78 is 66.2. The molecular formula is C27H29F3N2O4S. The summed E-state index contributed by atoms with van der Waals surface area (Å²) in [4.78, 5) is 26.2. The molecule has 3 aromatic rings. The van der Waals surface area contributed by atoms with E-state index in [2.05, 4.69) is 0 Å². The maximum Gasteiger partial charge on any atom is 0.416 e. The van der Waals surface area contributed by atoms with Crippen LogP contribution in [0, 0.1) is 5.92 Å². The molecule has 0 unspecified atom stereocenters. The summed E-state index contributed by atoms with van der Waals surface area (Å²) in [6, 6.07) is 15.4. The average molecular weight is 535 g/mol. The average Bonchev–Trinajstić information content (AvgIpc) is 2.84. The molecule has 1 aromatic heterocycles. The number of carbonyl (C=O) groups excluding carboxylic acids is 1. The van der Waals surface area contributed by atoms with Gasteiger partial charge in [-0.3, -0.25) is 14.2 Å². The van der Waals surface area contributed by atoms with E-state index in [0.29, 0.717) is 23.9 Å². The fourth-order valence-electron chi connectivity index (χ4n) is 4.50. The van der Waals surface area contributed by atoms with Crippen molar-refractivity contribution >= 4 is 21.4 Å². The Bertz CT molecular complexity index is 1450. The Morgan fingerprint density at radius 2 is 1.54 bits per heavy atom. The van der Waals surface area contributed by atoms with Crippen molar-refractivity contribution in [3.8, 4) is 5.69 Å². The van der Waals surface area contributed by atoms with Crippen LogP contribution >= 0.6 is 0 Å². The van der Waals surface area contributed by atoms with Gasteiger partial charge in [-0.2, -0.15) is 13.2 Å². The van der Waals surface area contributed by atoms with E-state index in [1.807, 2.05) is 0 Å². The van der Waals surface area contributed by atoms with Crippen LogP contribution in [0.4, 0.5) is 18.9 Å². The number of anilines is 1. The van der Waals surface area contributed by atoms with Crippen LogP contribution in [-0.4, -0.2) is 30.2 Å². The normalized spacial score (nSPS) is 16.8. The number of carbonyl (C=O) groups is 1. The van der Waals surface area contributed by atoms with Gasteiger partial charge in [0.05, 0.1) is 15.2 Å². The Hall–Kier alpha value is -3.40. The molecular weight excluding hydrogens is 505 g/mol. The lowest BCUT2D eigenvalue weighted by Gasteiger charge is -2.39. The van der Waals surface area contributed by atoms with Gasteiger partial charge in [-0.15, -0.1) is 0 Å². The largest absolute Gasteiger partial charge is 0.416 e. The molecule has 2 aromatic carbocycles. The number of piperidine rings is 1. The number of rotatable bonds is 5. The van der Waals surface area contributed by atoms with Crippen LogP contribution in [0.25, 0.3) is 5.69 Å². The van der Waals surface area contributed by atoms with Crippen molar-refractivity contribution in [3.05, 3.63) is 88.8 Å². The predicted molar refractivity (Wildman–Crippen MR) is 137 cm³/mol. The topological polar surface area (TPSA) is 76.5 Å². The number of pyridine rings is 1. The van der Waals surface area contributed by atoms with Crippen LogP contribution < -0.4 is 10.5 Å². The van der Waals surface area contributed by atoms with E-state index in [9.17, 15) is 31.2 Å². The number of halogens is 3. The van der Waals surface area contributed by atoms with Gasteiger partial charge in [0.15, 0.2) is 9.84 Å². The molecule has 0 spiro atoms. The van der Waals surface area contributed by atoms with E-state index in [1.54, 1.807) is 47.5 Å². The highest BCUT2D eigenvalue weighted by atomic mass is 32.2. The number of sulfone groups is 1. The third-order valence-corrected chi connectivity index (χ3v) is 9.43. The molecule has 0 saturated carbocycles. The molecule has 1 fully saturated rings. The van der Waals surface area contributed by atoms with Crippen molar-refractivity contribution in [1.29, 1.82) is 0 Å². The lowest BCUT2D eigenvalue weighted by molar-refractivity contribution is -0.137. The molecule has 0 bridgehead atoms. The lowest BCUT2D eigenvalue weighted by atomic mass is 9.85. The Kier molecular flexibility index (Phi) is 7.74. The van der Waals surface area contributed by atoms with Crippen LogP contribution in [0.1, 0.15) is 39.7 Å². The van der Waals surface area contributed by atoms with Gasteiger partial charge in [0.1, 0.15) is 0 Å². The summed E-state index contributed by atoms with van der Waals surface area (Å²) in [5.41, 5.74) is 0.0301. The zero-order chi connectivity index (χ0) is 26.3. The Balaban J connectivity index is 0.00000380. The van der Waals surface area contributed by atoms with E-state index in [1.165, 1.54) is 24.5 Å². The minimum absolute atomic E-state index is 0. The first-order valence-corrected chi connectivity index (χ1v) is 12.8. The number of benzene rings is 2. The second kappa shape index (κ2) is 10.2. The van der Waals surface area contributed by atoms with Gasteiger partial charge in [0.25, 0.3) is 5.56 Å². The number of nitrogens with zero attached hydrogens (tertiary/aromatic N) is 2. The third kappa shape index (κ3) is 5.34. The van der Waals surface area contributed by atoms with E-state index in [4.69, 9.17) is 0 Å². The molecule has 1 saturated heterocycles. The summed E-state index contributed by atoms with van der Waals surface area (Å²) >= 11 is 0. The number of aromatic nitrogens is 1. The number of hydrogen-bond acceptors (Lipinski definition) is 4. The highest BCUT2D eigenvalue weighted by Crippen LogP contribution is 2.40. The van der Waals surface area contributed by atoms with E-state index in [-0.39, 0.29) is 31.9 Å². The summed E-state index contributed by atoms with van der Waals surface area (Å²) in [5.74, 6) is -0.855. The Morgan fingerprint density at radius 3 is 2.14 bits per heavy atom. The molecule has 2 heterocycles. The number of hydrogen-bond donors (Lipinski definition) is 0. The first-order chi connectivity index (χ1) is 16.8. The van der Waals surface area contributed by atoms with Crippen LogP contribution in [0.3, 0.4) is 0 Å². The molecule has 0 N–H and O–H groups in total. The predicted octanol–water partition coefficient (Wildman–Crippen LogP) is 5.49. The van der Waals surface area contributed by atoms with Crippen LogP contribution in [-0.2, 0) is 20.8 Å². The fraction of sp³-hybridized carbons (Fsp3) is 0.333. The van der Waals surface area contributed by atoms with E-state index >= 15 is 0 Å². The lowest BCUT2D eigenvalue weighted by Crippen LogP contribution is -2.48. The molecule has 10 heteroatoms. The molecule has 1 amide bonds. The van der Waals surface area contributed by atoms with Crippen molar-refractivity contribution in [3.63, 3.8) is 0 Å². The van der Waals surface area contributed by atoms with Crippen LogP contribution in [0.5, 0.6) is 0 Å². The maximum absolute atomic E-state index is 13.4. The highest BCUT2D eigenvalue weighted by Gasteiger charge is 2.46. The summed E-state index contributed by atoms with van der Waals surface area (Å²) in [7, 11) is -4.17. The SMILES string of the molecule is C.CC(C)([C@H]1CCN(c2ccc(-n3ccccc3=O)cc2)C(=O)C1)S(=O)(=O)c1cccc(C(F)(F)F)c1. The van der Waals surface area contributed by atoms with Crippen LogP contribution in [0.15, 0.2) is 82.6 Å². The van der Waals surface area contributed by atoms with Crippen molar-refractivity contribution in [2.75, 3.05) is 11.4 Å². The zero-order valence-electron chi connectivity index (χ0n) is 19.7. The molecule has 0 radical (unpaired) electrons. The summed E-state index contributed by atoms with van der Waals surface area (Å²) in [5, 5.41) is 0. The van der Waals surface area contributed by atoms with Gasteiger partial charge in [-0.25, -0.2) is 8.42 Å². The molecule has 198 valence electrons. The van der Waals surface area contributed by atoms with Gasteiger partial charge in [-0.05, 0) is 74.7 Å². The third-order valence-electron chi connectivity index (χ3n) is 6.83. The van der Waals surface area contributed by atoms with Gasteiger partial charge in [0, 0.05) is 36.6 Å². The quantitative estimate of drug-likeness (QED) is 0.434. The molecule has 1 atom stereocenters. The Morgan fingerprint density at radius 1 is 0.892 bits per heavy atom. The van der Waals surface area contributed by atoms with Gasteiger partial charge in [-0.1, -0.05) is 19.6 Å². The summed E-state index contributed by atoms with van der Waals surface area (Å²) in [6.45, 7) is 3.18. The smallest absolute Gasteiger partial charge is 0.312 e. The number of alkyl halides is 3. The molecule has 1 aliphatic rings. The maximum atomic E-state index is 13.4. The van der Waals surface area contributed by atoms with E-state index in [0.717, 1.165) is 18.2 Å². The van der Waals surface area contributed by atoms with Gasteiger partial charge in [0.2, 0.25) is 5.91 Å². The first-order valence-electron chi connectivity index (χ1n) is 11.3. The van der Waals surface area contributed by atoms with Gasteiger partial charge >= 0.3 is 6.18 Å².